The van der Waals surface area contributed by atoms with Gasteiger partial charge in [0.15, 0.2) is 0 Å². The van der Waals surface area contributed by atoms with Crippen LogP contribution in [-0.2, 0) is 10.4 Å². The van der Waals surface area contributed by atoms with E-state index in [1.807, 2.05) is 0 Å². The van der Waals surface area contributed by atoms with Crippen molar-refractivity contribution in [3.8, 4) is 0 Å². The Kier molecular flexibility index (Phi) is 27.2. The average Bonchev–Trinajstić information content (AvgIpc) is 1.63. The molecule has 11 heteroatoms. The summed E-state index contributed by atoms with van der Waals surface area (Å²) in [4.78, 5) is 8.56. The van der Waals surface area contributed by atoms with Gasteiger partial charge >= 0.3 is 57.5 Å². The molecule has 6 N–H and O–H groups in total. The second-order valence-corrected chi connectivity index (χ2v) is 1.57. The molecule has 0 saturated carbocycles. The maximum Gasteiger partial charge on any atom is 1.00 e. The Morgan fingerprint density at radius 3 is 1.25 bits per heavy atom. The van der Waals surface area contributed by atoms with Crippen molar-refractivity contribution in [2.45, 2.75) is 0 Å². The fraction of sp³-hybridized carbons (Fsp3) is 0. The predicted octanol–water partition coefficient (Wildman–Crippen LogP) is -4.43. The predicted molar refractivity (Wildman–Crippen MR) is 29.0 cm³/mol. The van der Waals surface area contributed by atoms with Gasteiger partial charge in [0.1, 0.15) is 0 Å². The van der Waals surface area contributed by atoms with E-state index in [2.05, 4.69) is 5.90 Å². The molecule has 0 rings (SSSR count). The van der Waals surface area contributed by atoms with E-state index in [1.165, 1.54) is 0 Å². The molecule has 0 amide bonds. The first-order valence-corrected chi connectivity index (χ1v) is 2.96. The van der Waals surface area contributed by atoms with E-state index in [1.54, 1.807) is 0 Å². The zero-order valence-electron chi connectivity index (χ0n) is 5.91. The zero-order valence-corrected chi connectivity index (χ0v) is 9.85. The molecule has 0 aliphatic rings. The third kappa shape index (κ3) is 2070. The summed E-state index contributed by atoms with van der Waals surface area (Å²) in [6, 6.07) is 0. The van der Waals surface area contributed by atoms with Crippen molar-refractivity contribution in [3.05, 3.63) is 0 Å². The summed E-state index contributed by atoms with van der Waals surface area (Å²) in [5, 5.41) is 20.4. The van der Waals surface area contributed by atoms with Crippen LogP contribution in [0.1, 0.15) is 0 Å². The molecule has 0 saturated heterocycles. The molecule has 9 nitrogen and oxygen atoms in total. The number of carbonyl (C=O) groups is 1. The van der Waals surface area contributed by atoms with Gasteiger partial charge in [-0.3, -0.25) is 4.55 Å². The summed E-state index contributed by atoms with van der Waals surface area (Å²) in [6.07, 6.45) is -1.83. The molecule has 70 valence electrons. The van der Waals surface area contributed by atoms with Crippen molar-refractivity contribution >= 4 is 16.6 Å². The Morgan fingerprint density at radius 2 is 1.25 bits per heavy atom. The van der Waals surface area contributed by atoms with Gasteiger partial charge in [0.05, 0.1) is 0 Å². The van der Waals surface area contributed by atoms with Crippen LogP contribution in [0, 0.1) is 0 Å². The van der Waals surface area contributed by atoms with E-state index >= 15 is 0 Å². The first-order chi connectivity index (χ1) is 4.73. The maximum atomic E-state index is 8.63. The minimum absolute atomic E-state index is 0. The second kappa shape index (κ2) is 14.2. The summed E-state index contributed by atoms with van der Waals surface area (Å²) in [5.74, 6) is 3.50. The monoisotopic (exact) mass is 231 g/mol. The third-order valence-electron chi connectivity index (χ3n) is 0. The second-order valence-electron chi connectivity index (χ2n) is 0.710. The Morgan fingerprint density at radius 1 is 1.25 bits per heavy atom. The summed E-state index contributed by atoms with van der Waals surface area (Å²) < 4.78 is 32.8. The minimum Gasteiger partial charge on any atom is -0.726 e. The quantitative estimate of drug-likeness (QED) is 0.119. The van der Waals surface area contributed by atoms with Crippen molar-refractivity contribution < 1.29 is 89.1 Å². The summed E-state index contributed by atoms with van der Waals surface area (Å²) in [5.41, 5.74) is 0. The van der Waals surface area contributed by atoms with Gasteiger partial charge in [-0.2, -0.15) is 0 Å². The first-order valence-electron chi connectivity index (χ1n) is 1.59. The molecule has 0 fully saturated rings. The molecule has 0 unspecified atom stereocenters. The van der Waals surface area contributed by atoms with Gasteiger partial charge in [-0.15, -0.1) is 0 Å². The molecule has 0 aromatic carbocycles. The Balaban J connectivity index is -0.0000000419. The van der Waals surface area contributed by atoms with Crippen LogP contribution in [0.15, 0.2) is 0 Å². The van der Waals surface area contributed by atoms with Crippen LogP contribution in [0.2, 0.25) is 0 Å². The van der Waals surface area contributed by atoms with E-state index < -0.39 is 16.6 Å². The molecule has 0 aliphatic heterocycles. The van der Waals surface area contributed by atoms with E-state index in [9.17, 15) is 0 Å². The fourth-order valence-corrected chi connectivity index (χ4v) is 0. The molecule has 0 heterocycles. The number of nitrogens with two attached hydrogens (primary N) is 1. The smallest absolute Gasteiger partial charge is 0.726 e. The summed E-state index contributed by atoms with van der Waals surface area (Å²) >= 11 is 0. The van der Waals surface area contributed by atoms with Crippen LogP contribution in [-0.4, -0.2) is 39.1 Å². The molecule has 0 aromatic rings. The normalized spacial score (nSPS) is 7.33. The van der Waals surface area contributed by atoms with Gasteiger partial charge in [0.25, 0.3) is 0 Å². The van der Waals surface area contributed by atoms with Gasteiger partial charge in [-0.25, -0.2) is 19.1 Å². The van der Waals surface area contributed by atoms with Crippen LogP contribution in [0.3, 0.4) is 0 Å². The molecule has 0 aliphatic carbocycles. The summed E-state index contributed by atoms with van der Waals surface area (Å²) in [6.45, 7) is 0. The number of hydrogen-bond acceptors (Lipinski definition) is 6. The average molecular weight is 231 g/mol. The molecule has 12 heavy (non-hydrogen) atoms. The molecular weight excluding hydrogens is 225 g/mol. The van der Waals surface area contributed by atoms with Crippen LogP contribution in [0.5, 0.6) is 0 Å². The number of carboxylic acid groups (broad SMARTS) is 2. The fourth-order valence-electron chi connectivity index (χ4n) is 0. The van der Waals surface area contributed by atoms with Gasteiger partial charge < -0.3 is 20.0 Å². The molecule has 0 bridgehead atoms. The maximum absolute atomic E-state index is 8.63. The van der Waals surface area contributed by atoms with E-state index in [4.69, 9.17) is 37.7 Å². The Bertz CT molecular complexity index is 161. The van der Waals surface area contributed by atoms with E-state index in [-0.39, 0.29) is 51.4 Å². The molecule has 0 radical (unpaired) electrons. The standard InChI is InChI=1S/CH2O3.K.H3NO.H2O4S/c2-1(3)4;;1-2;1-5(2,3)4/h(H2,2,3,4);;2H,1H2;(H2,1,2,3,4)/q;+1;;/p-1. The van der Waals surface area contributed by atoms with Crippen LogP contribution in [0.4, 0.5) is 4.79 Å². The van der Waals surface area contributed by atoms with Crippen molar-refractivity contribution in [1.29, 1.82) is 0 Å². The van der Waals surface area contributed by atoms with Crippen molar-refractivity contribution in [2.24, 2.45) is 5.90 Å². The third-order valence-corrected chi connectivity index (χ3v) is 0. The Labute approximate surface area is 110 Å². The zero-order chi connectivity index (χ0) is 10.1. The largest absolute Gasteiger partial charge is 1.00 e. The molecule has 0 spiro atoms. The van der Waals surface area contributed by atoms with Crippen LogP contribution < -0.4 is 57.3 Å². The van der Waals surface area contributed by atoms with E-state index in [0.29, 0.717) is 0 Å². The summed E-state index contributed by atoms with van der Waals surface area (Å²) in [7, 11) is -4.92. The molecule has 0 aromatic heterocycles. The van der Waals surface area contributed by atoms with Crippen molar-refractivity contribution in [2.75, 3.05) is 0 Å². The first kappa shape index (κ1) is 23.0. The van der Waals surface area contributed by atoms with Crippen LogP contribution >= 0.6 is 0 Å². The van der Waals surface area contributed by atoms with Gasteiger partial charge in [0.2, 0.25) is 10.4 Å². The van der Waals surface area contributed by atoms with Crippen molar-refractivity contribution in [3.63, 3.8) is 0 Å². The minimum atomic E-state index is -4.92. The van der Waals surface area contributed by atoms with E-state index in [0.717, 1.165) is 0 Å². The van der Waals surface area contributed by atoms with Crippen LogP contribution in [0.25, 0.3) is 0 Å². The van der Waals surface area contributed by atoms with Gasteiger partial charge in [0, 0.05) is 0 Å². The molecule has 0 atom stereocenters. The number of hydrogen-bond donors (Lipinski definition) is 5. The van der Waals surface area contributed by atoms with Gasteiger partial charge in [-0.05, 0) is 0 Å². The topological polar surface area (TPSA) is 181 Å². The molecular formula is CH6KNO8S. The van der Waals surface area contributed by atoms with Gasteiger partial charge in [-0.1, -0.05) is 0 Å². The SMILES string of the molecule is NO.O=C(O)O.O=S(=O)([O-])O.[K+]. The van der Waals surface area contributed by atoms with Crippen molar-refractivity contribution in [1.82, 2.24) is 0 Å². The Hall–Kier alpha value is 0.696. The number of rotatable bonds is 0.